The summed E-state index contributed by atoms with van der Waals surface area (Å²) in [4.78, 5) is 53.1. The molecule has 1 fully saturated rings. The molecule has 2 amide bonds. The zero-order chi connectivity index (χ0) is 20.1. The standard InChI is InChI=1S/C18H32NO7P/c20-16-10-11-17(21)19(16)13-12-18(22)26-14-8-6-4-2-1-3-5-7-9-15-27(23,24)25/h1-15H2,(H2,23,24,25). The molecule has 0 saturated carbocycles. The Hall–Kier alpha value is -1.24. The predicted octanol–water partition coefficient (Wildman–Crippen LogP) is 2.76. The van der Waals surface area contributed by atoms with Crippen LogP contribution in [0.25, 0.3) is 0 Å². The summed E-state index contributed by atoms with van der Waals surface area (Å²) in [6, 6.07) is 0. The highest BCUT2D eigenvalue weighted by atomic mass is 31.2. The Bertz CT molecular complexity index is 516. The number of amides is 2. The molecule has 0 aromatic heterocycles. The Labute approximate surface area is 160 Å². The van der Waals surface area contributed by atoms with E-state index in [1.807, 2.05) is 0 Å². The second-order valence-corrected chi connectivity index (χ2v) is 8.76. The number of hydrogen-bond donors (Lipinski definition) is 2. The number of esters is 1. The van der Waals surface area contributed by atoms with Crippen LogP contribution in [0.4, 0.5) is 0 Å². The molecule has 1 aliphatic heterocycles. The molecule has 1 aliphatic rings. The van der Waals surface area contributed by atoms with Crippen molar-refractivity contribution in [1.82, 2.24) is 4.90 Å². The van der Waals surface area contributed by atoms with Gasteiger partial charge in [-0.2, -0.15) is 0 Å². The van der Waals surface area contributed by atoms with Gasteiger partial charge in [-0.25, -0.2) is 0 Å². The minimum absolute atomic E-state index is 0.0175. The molecule has 0 radical (unpaired) electrons. The molecule has 9 heteroatoms. The molecule has 1 heterocycles. The van der Waals surface area contributed by atoms with Crippen molar-refractivity contribution in [2.24, 2.45) is 0 Å². The summed E-state index contributed by atoms with van der Waals surface area (Å²) >= 11 is 0. The average Bonchev–Trinajstić information content (AvgIpc) is 2.91. The van der Waals surface area contributed by atoms with E-state index in [0.717, 1.165) is 56.3 Å². The molecule has 1 saturated heterocycles. The van der Waals surface area contributed by atoms with E-state index in [-0.39, 0.29) is 49.8 Å². The van der Waals surface area contributed by atoms with Crippen LogP contribution in [0.1, 0.15) is 77.0 Å². The maximum absolute atomic E-state index is 11.6. The number of hydrogen-bond acceptors (Lipinski definition) is 5. The normalized spacial score (nSPS) is 14.8. The maximum Gasteiger partial charge on any atom is 0.325 e. The topological polar surface area (TPSA) is 121 Å². The second kappa shape index (κ2) is 13.0. The smallest absolute Gasteiger partial charge is 0.325 e. The lowest BCUT2D eigenvalue weighted by atomic mass is 10.1. The van der Waals surface area contributed by atoms with Crippen molar-refractivity contribution in [2.45, 2.75) is 77.0 Å². The molecule has 1 rings (SSSR count). The third-order valence-corrected chi connectivity index (χ3v) is 5.45. The summed E-state index contributed by atoms with van der Waals surface area (Å²) in [5.41, 5.74) is 0. The number of rotatable bonds is 15. The number of likely N-dealkylation sites (tertiary alicyclic amines) is 1. The van der Waals surface area contributed by atoms with Crippen LogP contribution >= 0.6 is 7.60 Å². The van der Waals surface area contributed by atoms with E-state index in [1.165, 1.54) is 0 Å². The van der Waals surface area contributed by atoms with Gasteiger partial charge in [-0.05, 0) is 12.8 Å². The fraction of sp³-hybridized carbons (Fsp3) is 0.833. The van der Waals surface area contributed by atoms with Crippen LogP contribution in [-0.4, -0.2) is 51.8 Å². The van der Waals surface area contributed by atoms with Gasteiger partial charge >= 0.3 is 13.6 Å². The fourth-order valence-electron chi connectivity index (χ4n) is 2.99. The Morgan fingerprint density at radius 3 is 1.89 bits per heavy atom. The van der Waals surface area contributed by atoms with Gasteiger partial charge in [0.2, 0.25) is 11.8 Å². The molecule has 27 heavy (non-hydrogen) atoms. The number of carbonyl (C=O) groups is 3. The molecule has 0 aromatic carbocycles. The molecule has 0 bridgehead atoms. The van der Waals surface area contributed by atoms with E-state index in [1.54, 1.807) is 0 Å². The first-order chi connectivity index (χ1) is 12.8. The molecule has 0 aliphatic carbocycles. The summed E-state index contributed by atoms with van der Waals surface area (Å²) in [5, 5.41) is 0. The van der Waals surface area contributed by atoms with Gasteiger partial charge < -0.3 is 14.5 Å². The third kappa shape index (κ3) is 12.0. The molecular formula is C18H32NO7P. The van der Waals surface area contributed by atoms with Crippen LogP contribution in [0, 0.1) is 0 Å². The van der Waals surface area contributed by atoms with Gasteiger partial charge in [0.05, 0.1) is 13.0 Å². The van der Waals surface area contributed by atoms with E-state index in [9.17, 15) is 18.9 Å². The highest BCUT2D eigenvalue weighted by Crippen LogP contribution is 2.35. The summed E-state index contributed by atoms with van der Waals surface area (Å²) in [6.07, 6.45) is 9.08. The van der Waals surface area contributed by atoms with Gasteiger partial charge in [0, 0.05) is 25.5 Å². The van der Waals surface area contributed by atoms with Crippen molar-refractivity contribution in [3.8, 4) is 0 Å². The van der Waals surface area contributed by atoms with Gasteiger partial charge in [-0.1, -0.05) is 44.9 Å². The zero-order valence-corrected chi connectivity index (χ0v) is 16.8. The van der Waals surface area contributed by atoms with Crippen molar-refractivity contribution in [1.29, 1.82) is 0 Å². The lowest BCUT2D eigenvalue weighted by Gasteiger charge is -2.12. The van der Waals surface area contributed by atoms with Crippen LogP contribution in [-0.2, 0) is 23.7 Å². The van der Waals surface area contributed by atoms with E-state index < -0.39 is 7.60 Å². The minimum atomic E-state index is -3.83. The highest BCUT2D eigenvalue weighted by Gasteiger charge is 2.28. The third-order valence-electron chi connectivity index (χ3n) is 4.55. The van der Waals surface area contributed by atoms with E-state index in [2.05, 4.69) is 0 Å². The molecule has 8 nitrogen and oxygen atoms in total. The molecule has 0 spiro atoms. The molecule has 0 unspecified atom stereocenters. The summed E-state index contributed by atoms with van der Waals surface area (Å²) < 4.78 is 15.8. The Balaban J connectivity index is 1.86. The number of unbranched alkanes of at least 4 members (excludes halogenated alkanes) is 8. The second-order valence-electron chi connectivity index (χ2n) is 6.98. The first-order valence-electron chi connectivity index (χ1n) is 9.83. The number of nitrogens with zero attached hydrogens (tertiary/aromatic N) is 1. The molecule has 156 valence electrons. The maximum atomic E-state index is 11.6. The van der Waals surface area contributed by atoms with E-state index in [4.69, 9.17) is 14.5 Å². The predicted molar refractivity (Wildman–Crippen MR) is 100.0 cm³/mol. The van der Waals surface area contributed by atoms with Gasteiger partial charge in [0.15, 0.2) is 0 Å². The van der Waals surface area contributed by atoms with Crippen LogP contribution in [0.3, 0.4) is 0 Å². The van der Waals surface area contributed by atoms with E-state index >= 15 is 0 Å². The molecule has 2 N–H and O–H groups in total. The monoisotopic (exact) mass is 405 g/mol. The lowest BCUT2D eigenvalue weighted by molar-refractivity contribution is -0.145. The SMILES string of the molecule is O=C(CCN1C(=O)CCC1=O)OCCCCCCCCCCCP(=O)(O)O. The van der Waals surface area contributed by atoms with Crippen LogP contribution in [0.5, 0.6) is 0 Å². The largest absolute Gasteiger partial charge is 0.466 e. The number of carbonyl (C=O) groups excluding carboxylic acids is 3. The zero-order valence-electron chi connectivity index (χ0n) is 15.9. The van der Waals surface area contributed by atoms with Crippen molar-refractivity contribution in [3.63, 3.8) is 0 Å². The van der Waals surface area contributed by atoms with Crippen molar-refractivity contribution < 1.29 is 33.5 Å². The first-order valence-corrected chi connectivity index (χ1v) is 11.6. The summed E-state index contributed by atoms with van der Waals surface area (Å²) in [5.74, 6) is -0.804. The first kappa shape index (κ1) is 23.8. The van der Waals surface area contributed by atoms with Gasteiger partial charge in [0.1, 0.15) is 0 Å². The van der Waals surface area contributed by atoms with Crippen LogP contribution in [0.15, 0.2) is 0 Å². The summed E-state index contributed by atoms with van der Waals surface area (Å²) in [6.45, 7) is 0.480. The number of imide groups is 1. The van der Waals surface area contributed by atoms with Crippen molar-refractivity contribution >= 4 is 25.4 Å². The lowest BCUT2D eigenvalue weighted by Crippen LogP contribution is -2.31. The van der Waals surface area contributed by atoms with Crippen LogP contribution in [0.2, 0.25) is 0 Å². The van der Waals surface area contributed by atoms with Gasteiger partial charge in [-0.3, -0.25) is 23.8 Å². The Morgan fingerprint density at radius 1 is 0.889 bits per heavy atom. The summed E-state index contributed by atoms with van der Waals surface area (Å²) in [7, 11) is -3.83. The van der Waals surface area contributed by atoms with Gasteiger partial charge in [0.25, 0.3) is 0 Å². The molecule has 0 aromatic rings. The Kier molecular flexibility index (Phi) is 11.5. The molecule has 0 atom stereocenters. The minimum Gasteiger partial charge on any atom is -0.466 e. The fourth-order valence-corrected chi connectivity index (χ4v) is 3.63. The highest BCUT2D eigenvalue weighted by molar-refractivity contribution is 7.51. The van der Waals surface area contributed by atoms with Crippen molar-refractivity contribution in [2.75, 3.05) is 19.3 Å². The quantitative estimate of drug-likeness (QED) is 0.186. The Morgan fingerprint density at radius 2 is 1.37 bits per heavy atom. The van der Waals surface area contributed by atoms with Crippen molar-refractivity contribution in [3.05, 3.63) is 0 Å². The van der Waals surface area contributed by atoms with E-state index in [0.29, 0.717) is 13.0 Å². The number of ether oxygens (including phenoxy) is 1. The van der Waals surface area contributed by atoms with Gasteiger partial charge in [-0.15, -0.1) is 0 Å². The van der Waals surface area contributed by atoms with Crippen LogP contribution < -0.4 is 0 Å². The average molecular weight is 405 g/mol. The molecular weight excluding hydrogens is 373 g/mol.